The van der Waals surface area contributed by atoms with Gasteiger partial charge >= 0.3 is 0 Å². The molecule has 0 heterocycles. The number of phenolic OH excluding ortho intramolecular Hbond substituents is 2. The number of rotatable bonds is 1. The third-order valence-electron chi connectivity index (χ3n) is 1.78. The van der Waals surface area contributed by atoms with Gasteiger partial charge in [0.25, 0.3) is 0 Å². The molecule has 0 fully saturated rings. The van der Waals surface area contributed by atoms with Crippen molar-refractivity contribution in [2.45, 2.75) is 13.3 Å². The van der Waals surface area contributed by atoms with Gasteiger partial charge in [0.05, 0.1) is 11.4 Å². The van der Waals surface area contributed by atoms with Gasteiger partial charge in [-0.15, -0.1) is 24.8 Å². The minimum Gasteiger partial charge on any atom is -0.505 e. The summed E-state index contributed by atoms with van der Waals surface area (Å²) in [6.45, 7) is 1.80. The molecular formula is C8H14Cl2N2O2. The Hall–Kier alpha value is -1.000. The summed E-state index contributed by atoms with van der Waals surface area (Å²) < 4.78 is 0. The van der Waals surface area contributed by atoms with E-state index in [1.54, 1.807) is 6.92 Å². The van der Waals surface area contributed by atoms with Crippen molar-refractivity contribution in [3.63, 3.8) is 0 Å². The summed E-state index contributed by atoms with van der Waals surface area (Å²) >= 11 is 0. The van der Waals surface area contributed by atoms with Crippen LogP contribution in [0, 0.1) is 0 Å². The van der Waals surface area contributed by atoms with E-state index in [2.05, 4.69) is 0 Å². The van der Waals surface area contributed by atoms with Crippen molar-refractivity contribution < 1.29 is 10.2 Å². The van der Waals surface area contributed by atoms with Crippen molar-refractivity contribution >= 4 is 36.2 Å². The smallest absolute Gasteiger partial charge is 0.145 e. The van der Waals surface area contributed by atoms with Crippen LogP contribution in [0.25, 0.3) is 0 Å². The molecule has 0 saturated carbocycles. The molecule has 1 rings (SSSR count). The Balaban J connectivity index is 0. The molecule has 0 aliphatic heterocycles. The van der Waals surface area contributed by atoms with E-state index >= 15 is 0 Å². The van der Waals surface area contributed by atoms with Crippen LogP contribution in [0.3, 0.4) is 0 Å². The zero-order chi connectivity index (χ0) is 9.30. The number of anilines is 2. The predicted octanol–water partition coefficient (Wildman–Crippen LogP) is 1.67. The molecule has 0 radical (unpaired) electrons. The number of benzene rings is 1. The first-order chi connectivity index (χ1) is 5.57. The molecule has 0 aliphatic carbocycles. The van der Waals surface area contributed by atoms with Gasteiger partial charge in [0.1, 0.15) is 11.5 Å². The molecule has 1 aromatic carbocycles. The molecule has 0 aliphatic rings. The summed E-state index contributed by atoms with van der Waals surface area (Å²) in [5.41, 5.74) is 11.6. The van der Waals surface area contributed by atoms with Crippen molar-refractivity contribution in [3.05, 3.63) is 11.6 Å². The van der Waals surface area contributed by atoms with Crippen LogP contribution in [0.1, 0.15) is 12.5 Å². The summed E-state index contributed by atoms with van der Waals surface area (Å²) in [6.07, 6.45) is 0.493. The zero-order valence-corrected chi connectivity index (χ0v) is 9.28. The molecule has 4 nitrogen and oxygen atoms in total. The molecule has 0 spiro atoms. The first-order valence-electron chi connectivity index (χ1n) is 3.66. The van der Waals surface area contributed by atoms with E-state index in [9.17, 15) is 10.2 Å². The van der Waals surface area contributed by atoms with Gasteiger partial charge in [-0.25, -0.2) is 0 Å². The lowest BCUT2D eigenvalue weighted by molar-refractivity contribution is 0.443. The number of hydrogen-bond acceptors (Lipinski definition) is 4. The third-order valence-corrected chi connectivity index (χ3v) is 1.78. The standard InChI is InChI=1S/C8H12N2O2.2ClH/c1-2-4-7(11)5(9)3-6(10)8(4)12;;/h3,11-12H,2,9-10H2,1H3;2*1H. The van der Waals surface area contributed by atoms with Gasteiger partial charge in [-0.2, -0.15) is 0 Å². The van der Waals surface area contributed by atoms with Crippen LogP contribution in [0.5, 0.6) is 11.5 Å². The van der Waals surface area contributed by atoms with E-state index in [-0.39, 0.29) is 47.7 Å². The molecular weight excluding hydrogens is 227 g/mol. The monoisotopic (exact) mass is 240 g/mol. The number of aromatic hydroxyl groups is 2. The number of nitrogens with two attached hydrogens (primary N) is 2. The first kappa shape index (κ1) is 15.5. The molecule has 6 N–H and O–H groups in total. The minimum absolute atomic E-state index is 0. The Morgan fingerprint density at radius 3 is 1.71 bits per heavy atom. The maximum Gasteiger partial charge on any atom is 0.145 e. The third kappa shape index (κ3) is 2.49. The fourth-order valence-electron chi connectivity index (χ4n) is 1.10. The Kier molecular flexibility index (Phi) is 6.27. The predicted molar refractivity (Wildman–Crippen MR) is 62.5 cm³/mol. The van der Waals surface area contributed by atoms with Crippen molar-refractivity contribution in [2.75, 3.05) is 11.5 Å². The summed E-state index contributed by atoms with van der Waals surface area (Å²) in [5, 5.41) is 18.7. The lowest BCUT2D eigenvalue weighted by atomic mass is 10.1. The van der Waals surface area contributed by atoms with Gasteiger partial charge in [-0.3, -0.25) is 0 Å². The quantitative estimate of drug-likeness (QED) is 0.342. The van der Waals surface area contributed by atoms with E-state index in [1.165, 1.54) is 6.07 Å². The second kappa shape index (κ2) is 5.67. The minimum atomic E-state index is -0.0794. The van der Waals surface area contributed by atoms with Gasteiger partial charge in [0.15, 0.2) is 0 Å². The Morgan fingerprint density at radius 2 is 1.43 bits per heavy atom. The largest absolute Gasteiger partial charge is 0.505 e. The van der Waals surface area contributed by atoms with Gasteiger partial charge in [-0.1, -0.05) is 6.92 Å². The number of halogens is 2. The van der Waals surface area contributed by atoms with Gasteiger partial charge in [0, 0.05) is 5.56 Å². The lowest BCUT2D eigenvalue weighted by Gasteiger charge is -2.09. The summed E-state index contributed by atoms with van der Waals surface area (Å²) in [7, 11) is 0. The maximum absolute atomic E-state index is 9.36. The Bertz CT molecular complexity index is 292. The van der Waals surface area contributed by atoms with Crippen molar-refractivity contribution in [3.8, 4) is 11.5 Å². The SMILES string of the molecule is CCc1c(O)c(N)cc(N)c1O.Cl.Cl. The molecule has 0 saturated heterocycles. The fourth-order valence-corrected chi connectivity index (χ4v) is 1.10. The highest BCUT2D eigenvalue weighted by Crippen LogP contribution is 2.37. The molecule has 82 valence electrons. The Labute approximate surface area is 94.7 Å². The molecule has 0 aromatic heterocycles. The molecule has 0 atom stereocenters. The molecule has 1 aromatic rings. The number of phenols is 2. The van der Waals surface area contributed by atoms with Crippen LogP contribution in [0.2, 0.25) is 0 Å². The highest BCUT2D eigenvalue weighted by Gasteiger charge is 2.11. The molecule has 0 amide bonds. The average molecular weight is 241 g/mol. The second-order valence-corrected chi connectivity index (χ2v) is 2.58. The molecule has 14 heavy (non-hydrogen) atoms. The van der Waals surface area contributed by atoms with Crippen LogP contribution in [0.15, 0.2) is 6.07 Å². The summed E-state index contributed by atoms with van der Waals surface area (Å²) in [4.78, 5) is 0. The lowest BCUT2D eigenvalue weighted by Crippen LogP contribution is -1.95. The second-order valence-electron chi connectivity index (χ2n) is 2.58. The fraction of sp³-hybridized carbons (Fsp3) is 0.250. The van der Waals surface area contributed by atoms with E-state index in [0.29, 0.717) is 12.0 Å². The van der Waals surface area contributed by atoms with Crippen LogP contribution in [0.4, 0.5) is 11.4 Å². The topological polar surface area (TPSA) is 92.5 Å². The van der Waals surface area contributed by atoms with Gasteiger partial charge in [-0.05, 0) is 12.5 Å². The Morgan fingerprint density at radius 1 is 1.07 bits per heavy atom. The van der Waals surface area contributed by atoms with Crippen LogP contribution in [-0.4, -0.2) is 10.2 Å². The van der Waals surface area contributed by atoms with Gasteiger partial charge in [0.2, 0.25) is 0 Å². The van der Waals surface area contributed by atoms with E-state index < -0.39 is 0 Å². The average Bonchev–Trinajstić information content (AvgIpc) is 2.02. The van der Waals surface area contributed by atoms with Crippen molar-refractivity contribution in [2.24, 2.45) is 0 Å². The first-order valence-corrected chi connectivity index (χ1v) is 3.66. The highest BCUT2D eigenvalue weighted by atomic mass is 35.5. The molecule has 0 bridgehead atoms. The van der Waals surface area contributed by atoms with Crippen molar-refractivity contribution in [1.82, 2.24) is 0 Å². The maximum atomic E-state index is 9.36. The summed E-state index contributed by atoms with van der Waals surface area (Å²) in [5.74, 6) is -0.159. The van der Waals surface area contributed by atoms with Crippen LogP contribution >= 0.6 is 24.8 Å². The van der Waals surface area contributed by atoms with E-state index in [1.807, 2.05) is 0 Å². The number of hydrogen-bond donors (Lipinski definition) is 4. The molecule has 0 unspecified atom stereocenters. The van der Waals surface area contributed by atoms with Gasteiger partial charge < -0.3 is 21.7 Å². The van der Waals surface area contributed by atoms with E-state index in [4.69, 9.17) is 11.5 Å². The normalized spacial score (nSPS) is 8.64. The summed E-state index contributed by atoms with van der Waals surface area (Å²) in [6, 6.07) is 1.34. The molecule has 6 heteroatoms. The van der Waals surface area contributed by atoms with Crippen LogP contribution in [-0.2, 0) is 6.42 Å². The van der Waals surface area contributed by atoms with Crippen molar-refractivity contribution in [1.29, 1.82) is 0 Å². The zero-order valence-electron chi connectivity index (χ0n) is 7.65. The highest BCUT2D eigenvalue weighted by molar-refractivity contribution is 5.85. The van der Waals surface area contributed by atoms with E-state index in [0.717, 1.165) is 0 Å². The van der Waals surface area contributed by atoms with Crippen LogP contribution < -0.4 is 11.5 Å². The number of nitrogen functional groups attached to an aromatic ring is 2.